The molecule has 3 rings (SSSR count). The lowest BCUT2D eigenvalue weighted by molar-refractivity contribution is 0.0955. The van der Waals surface area contributed by atoms with Gasteiger partial charge in [0.2, 0.25) is 0 Å². The number of rotatable bonds is 6. The summed E-state index contributed by atoms with van der Waals surface area (Å²) in [5, 5.41) is 4.53. The fourth-order valence-electron chi connectivity index (χ4n) is 2.60. The minimum absolute atomic E-state index is 0.189. The molecule has 30 heavy (non-hydrogen) atoms. The van der Waals surface area contributed by atoms with Gasteiger partial charge in [-0.1, -0.05) is 23.7 Å². The highest BCUT2D eigenvalue weighted by Gasteiger charge is 2.07. The van der Waals surface area contributed by atoms with E-state index in [1.165, 1.54) is 31.1 Å². The second kappa shape index (κ2) is 9.60. The number of carbonyl (C=O) groups is 1. The Kier molecular flexibility index (Phi) is 6.91. The lowest BCUT2D eigenvalue weighted by atomic mass is 10.1. The van der Waals surface area contributed by atoms with Gasteiger partial charge in [0.25, 0.3) is 11.5 Å². The summed E-state index contributed by atoms with van der Waals surface area (Å²) in [5.41, 5.74) is 3.17. The van der Waals surface area contributed by atoms with Gasteiger partial charge >= 0.3 is 5.69 Å². The van der Waals surface area contributed by atoms with Gasteiger partial charge in [-0.15, -0.1) is 11.8 Å². The average molecular weight is 443 g/mol. The van der Waals surface area contributed by atoms with E-state index in [1.807, 2.05) is 36.4 Å². The Bertz CT molecular complexity index is 1200. The van der Waals surface area contributed by atoms with Crippen molar-refractivity contribution in [3.63, 3.8) is 0 Å². The molecule has 0 unspecified atom stereocenters. The van der Waals surface area contributed by atoms with Gasteiger partial charge in [0.1, 0.15) is 0 Å². The minimum atomic E-state index is -0.487. The van der Waals surface area contributed by atoms with Crippen LogP contribution < -0.4 is 16.7 Å². The molecule has 0 aliphatic heterocycles. The van der Waals surface area contributed by atoms with Crippen molar-refractivity contribution in [1.82, 2.24) is 14.6 Å². The molecule has 1 heterocycles. The van der Waals surface area contributed by atoms with Crippen molar-refractivity contribution in [2.24, 2.45) is 19.2 Å². The second-order valence-corrected chi connectivity index (χ2v) is 7.97. The Morgan fingerprint density at radius 2 is 1.77 bits per heavy atom. The molecule has 0 radical (unpaired) electrons. The fraction of sp³-hybridized carbons (Fsp3) is 0.143. The number of nitrogens with zero attached hydrogens (tertiary/aromatic N) is 3. The van der Waals surface area contributed by atoms with Crippen LogP contribution in [0.5, 0.6) is 0 Å². The average Bonchev–Trinajstić information content (AvgIpc) is 2.75. The molecule has 0 bridgehead atoms. The number of benzene rings is 2. The van der Waals surface area contributed by atoms with Crippen LogP contribution >= 0.6 is 23.4 Å². The molecule has 1 amide bonds. The van der Waals surface area contributed by atoms with Crippen molar-refractivity contribution in [3.05, 3.63) is 97.3 Å². The third-order valence-corrected chi connectivity index (χ3v) is 5.61. The quantitative estimate of drug-likeness (QED) is 0.361. The van der Waals surface area contributed by atoms with Gasteiger partial charge in [0, 0.05) is 41.5 Å². The summed E-state index contributed by atoms with van der Waals surface area (Å²) in [6, 6.07) is 14.8. The van der Waals surface area contributed by atoms with Crippen LogP contribution in [0.1, 0.15) is 21.5 Å². The molecule has 0 saturated carbocycles. The highest BCUT2D eigenvalue weighted by atomic mass is 35.5. The number of aryl methyl sites for hydroxylation is 1. The number of halogens is 1. The molecule has 0 saturated heterocycles. The first-order valence-corrected chi connectivity index (χ1v) is 10.3. The molecule has 0 fully saturated rings. The van der Waals surface area contributed by atoms with E-state index in [0.717, 1.165) is 20.8 Å². The van der Waals surface area contributed by atoms with E-state index >= 15 is 0 Å². The predicted molar refractivity (Wildman–Crippen MR) is 119 cm³/mol. The zero-order valence-electron chi connectivity index (χ0n) is 16.3. The molecular formula is C21H19ClN4O3S. The smallest absolute Gasteiger partial charge is 0.303 e. The minimum Gasteiger partial charge on any atom is -0.303 e. The van der Waals surface area contributed by atoms with E-state index < -0.39 is 17.2 Å². The number of carbonyl (C=O) groups excluding carboxylic acids is 1. The van der Waals surface area contributed by atoms with Gasteiger partial charge in [-0.05, 0) is 42.0 Å². The zero-order chi connectivity index (χ0) is 21.7. The predicted octanol–water partition coefficient (Wildman–Crippen LogP) is 2.79. The Hall–Kier alpha value is -3.10. The Labute approximate surface area is 182 Å². The molecule has 154 valence electrons. The first kappa shape index (κ1) is 21.6. The second-order valence-electron chi connectivity index (χ2n) is 6.48. The van der Waals surface area contributed by atoms with Crippen LogP contribution in [0.2, 0.25) is 5.02 Å². The highest BCUT2D eigenvalue weighted by molar-refractivity contribution is 7.98. The largest absolute Gasteiger partial charge is 0.330 e. The molecule has 9 heteroatoms. The molecule has 0 aliphatic rings. The van der Waals surface area contributed by atoms with Gasteiger partial charge in [0.05, 0.1) is 11.8 Å². The van der Waals surface area contributed by atoms with E-state index in [9.17, 15) is 14.4 Å². The van der Waals surface area contributed by atoms with Crippen molar-refractivity contribution in [1.29, 1.82) is 0 Å². The van der Waals surface area contributed by atoms with Gasteiger partial charge in [-0.25, -0.2) is 10.2 Å². The molecule has 7 nitrogen and oxygen atoms in total. The molecule has 2 aromatic carbocycles. The number of thioether (sulfide) groups is 1. The maximum absolute atomic E-state index is 12.2. The van der Waals surface area contributed by atoms with Crippen molar-refractivity contribution in [2.45, 2.75) is 10.6 Å². The monoisotopic (exact) mass is 442 g/mol. The Balaban J connectivity index is 1.59. The van der Waals surface area contributed by atoms with Crippen molar-refractivity contribution < 1.29 is 4.79 Å². The van der Waals surface area contributed by atoms with Crippen molar-refractivity contribution in [2.75, 3.05) is 0 Å². The summed E-state index contributed by atoms with van der Waals surface area (Å²) in [7, 11) is 2.91. The summed E-state index contributed by atoms with van der Waals surface area (Å²) in [5.74, 6) is 0.363. The van der Waals surface area contributed by atoms with Crippen LogP contribution in [0.4, 0.5) is 0 Å². The van der Waals surface area contributed by atoms with Crippen molar-refractivity contribution >= 4 is 35.5 Å². The number of amides is 1. The van der Waals surface area contributed by atoms with Gasteiger partial charge in [-0.3, -0.25) is 14.2 Å². The Morgan fingerprint density at radius 3 is 2.43 bits per heavy atom. The molecule has 0 spiro atoms. The van der Waals surface area contributed by atoms with E-state index in [0.29, 0.717) is 10.6 Å². The third-order valence-electron chi connectivity index (χ3n) is 4.28. The van der Waals surface area contributed by atoms with Crippen LogP contribution in [0.3, 0.4) is 0 Å². The lowest BCUT2D eigenvalue weighted by Gasteiger charge is -2.05. The zero-order valence-corrected chi connectivity index (χ0v) is 17.9. The summed E-state index contributed by atoms with van der Waals surface area (Å²) in [4.78, 5) is 37.1. The Morgan fingerprint density at radius 1 is 1.10 bits per heavy atom. The normalized spacial score (nSPS) is 11.0. The summed E-state index contributed by atoms with van der Waals surface area (Å²) < 4.78 is 2.25. The molecule has 1 N–H and O–H groups in total. The van der Waals surface area contributed by atoms with Crippen LogP contribution in [-0.2, 0) is 19.8 Å². The molecular weight excluding hydrogens is 424 g/mol. The molecule has 0 atom stereocenters. The van der Waals surface area contributed by atoms with Gasteiger partial charge < -0.3 is 4.57 Å². The highest BCUT2D eigenvalue weighted by Crippen LogP contribution is 2.24. The maximum Gasteiger partial charge on any atom is 0.330 e. The third kappa shape index (κ3) is 5.28. The summed E-state index contributed by atoms with van der Waals surface area (Å²) in [6.45, 7) is 0. The number of hydrogen-bond acceptors (Lipinski definition) is 5. The number of hydrogen-bond donors (Lipinski definition) is 1. The number of hydrazone groups is 1. The maximum atomic E-state index is 12.2. The first-order valence-electron chi connectivity index (χ1n) is 8.92. The van der Waals surface area contributed by atoms with Gasteiger partial charge in [-0.2, -0.15) is 5.10 Å². The van der Waals surface area contributed by atoms with E-state index in [2.05, 4.69) is 10.5 Å². The molecule has 0 aliphatic carbocycles. The lowest BCUT2D eigenvalue weighted by Crippen LogP contribution is -2.38. The van der Waals surface area contributed by atoms with E-state index in [4.69, 9.17) is 11.6 Å². The SMILES string of the molecule is Cn1cc(/C=N/NC(=O)c2ccc(CSc3ccc(Cl)cc3)cc2)c(=O)n(C)c1=O. The number of nitrogens with one attached hydrogen (secondary N) is 1. The van der Waals surface area contributed by atoms with Crippen LogP contribution in [0.25, 0.3) is 0 Å². The summed E-state index contributed by atoms with van der Waals surface area (Å²) >= 11 is 7.56. The van der Waals surface area contributed by atoms with E-state index in [1.54, 1.807) is 23.9 Å². The number of aromatic nitrogens is 2. The van der Waals surface area contributed by atoms with Crippen molar-refractivity contribution in [3.8, 4) is 0 Å². The van der Waals surface area contributed by atoms with Crippen LogP contribution in [0.15, 0.2) is 74.3 Å². The van der Waals surface area contributed by atoms with Crippen LogP contribution in [-0.4, -0.2) is 21.3 Å². The van der Waals surface area contributed by atoms with E-state index in [-0.39, 0.29) is 5.56 Å². The topological polar surface area (TPSA) is 85.5 Å². The molecule has 1 aromatic heterocycles. The fourth-order valence-corrected chi connectivity index (χ4v) is 3.58. The van der Waals surface area contributed by atoms with Crippen LogP contribution in [0, 0.1) is 0 Å². The summed E-state index contributed by atoms with van der Waals surface area (Å²) in [6.07, 6.45) is 2.59. The standard InChI is InChI=1S/C21H19ClN4O3S/c1-25-12-16(20(28)26(2)21(25)29)11-23-24-19(27)15-5-3-14(4-6-15)13-30-18-9-7-17(22)8-10-18/h3-12H,13H2,1-2H3,(H,24,27)/b23-11+. The first-order chi connectivity index (χ1) is 14.3. The van der Waals surface area contributed by atoms with Gasteiger partial charge in [0.15, 0.2) is 0 Å². The molecule has 3 aromatic rings.